The second-order valence-corrected chi connectivity index (χ2v) is 5.79. The number of nitrogens with zero attached hydrogens (tertiary/aromatic N) is 1. The number of carbonyl (C=O) groups excluding carboxylic acids is 1. The lowest BCUT2D eigenvalue weighted by atomic mass is 10.1. The molecule has 0 unspecified atom stereocenters. The van der Waals surface area contributed by atoms with E-state index in [-0.39, 0.29) is 5.97 Å². The molecule has 0 bridgehead atoms. The predicted octanol–water partition coefficient (Wildman–Crippen LogP) is 4.01. The number of fused-ring (bicyclic) bond motifs is 1. The van der Waals surface area contributed by atoms with Gasteiger partial charge in [-0.25, -0.2) is 4.98 Å². The van der Waals surface area contributed by atoms with Crippen molar-refractivity contribution in [3.8, 4) is 28.4 Å². The molecular formula is C21H17N2O2+. The summed E-state index contributed by atoms with van der Waals surface area (Å²) in [5, 5.41) is 0. The molecule has 0 aliphatic heterocycles. The standard InChI is InChI=1S/C21H16N2O2/c1-15(24)25-18-12-10-17(11-13-18)21-22-20(16-7-3-2-4-8-16)19-9-5-6-14-23(19)21/h2-14H,1H3/p+1. The third kappa shape index (κ3) is 2.90. The number of hydrogen-bond acceptors (Lipinski definition) is 2. The molecule has 4 rings (SSSR count). The van der Waals surface area contributed by atoms with Crippen LogP contribution in [0.5, 0.6) is 5.75 Å². The van der Waals surface area contributed by atoms with E-state index in [0.29, 0.717) is 5.75 Å². The van der Waals surface area contributed by atoms with Crippen LogP contribution < -0.4 is 9.14 Å². The highest BCUT2D eigenvalue weighted by molar-refractivity contribution is 5.76. The predicted molar refractivity (Wildman–Crippen MR) is 96.1 cm³/mol. The van der Waals surface area contributed by atoms with Crippen LogP contribution in [0.25, 0.3) is 28.2 Å². The first kappa shape index (κ1) is 15.1. The maximum absolute atomic E-state index is 11.1. The highest BCUT2D eigenvalue weighted by Gasteiger charge is 2.20. The molecular weight excluding hydrogens is 312 g/mol. The highest BCUT2D eigenvalue weighted by atomic mass is 16.5. The summed E-state index contributed by atoms with van der Waals surface area (Å²) in [7, 11) is 0. The van der Waals surface area contributed by atoms with Gasteiger partial charge >= 0.3 is 5.97 Å². The zero-order valence-electron chi connectivity index (χ0n) is 13.8. The summed E-state index contributed by atoms with van der Waals surface area (Å²) in [5.41, 5.74) is 4.32. The third-order valence-corrected chi connectivity index (χ3v) is 4.05. The van der Waals surface area contributed by atoms with Crippen LogP contribution in [0.15, 0.2) is 79.0 Å². The minimum absolute atomic E-state index is 0.321. The van der Waals surface area contributed by atoms with Gasteiger partial charge in [0.2, 0.25) is 0 Å². The summed E-state index contributed by atoms with van der Waals surface area (Å²) in [6.45, 7) is 1.40. The van der Waals surface area contributed by atoms with Crippen molar-refractivity contribution in [2.75, 3.05) is 0 Å². The summed E-state index contributed by atoms with van der Waals surface area (Å²) in [6, 6.07) is 23.9. The van der Waals surface area contributed by atoms with Crippen LogP contribution in [0.4, 0.5) is 0 Å². The molecule has 2 aromatic heterocycles. The molecule has 4 aromatic rings. The Morgan fingerprint density at radius 1 is 0.880 bits per heavy atom. The Balaban J connectivity index is 1.84. The van der Waals surface area contributed by atoms with Gasteiger partial charge < -0.3 is 4.74 Å². The van der Waals surface area contributed by atoms with Gasteiger partial charge in [-0.2, -0.15) is 4.40 Å². The van der Waals surface area contributed by atoms with Gasteiger partial charge in [0.25, 0.3) is 5.82 Å². The Labute approximate surface area is 145 Å². The van der Waals surface area contributed by atoms with E-state index in [1.807, 2.05) is 48.7 Å². The Hall–Kier alpha value is -3.40. The topological polar surface area (TPSA) is 46.2 Å². The van der Waals surface area contributed by atoms with E-state index in [9.17, 15) is 4.79 Å². The van der Waals surface area contributed by atoms with Crippen LogP contribution in [-0.2, 0) is 4.79 Å². The second kappa shape index (κ2) is 6.24. The quantitative estimate of drug-likeness (QED) is 0.351. The van der Waals surface area contributed by atoms with Gasteiger partial charge in [0.05, 0.1) is 11.8 Å². The van der Waals surface area contributed by atoms with E-state index in [2.05, 4.69) is 27.6 Å². The average molecular weight is 329 g/mol. The number of ether oxygens (including phenoxy) is 1. The van der Waals surface area contributed by atoms with Crippen molar-refractivity contribution in [2.45, 2.75) is 6.92 Å². The number of carbonyl (C=O) groups is 1. The molecule has 0 saturated heterocycles. The number of aromatic nitrogens is 2. The molecule has 1 N–H and O–H groups in total. The number of pyridine rings is 1. The number of H-pyrrole nitrogens is 1. The number of rotatable bonds is 3. The molecule has 0 saturated carbocycles. The summed E-state index contributed by atoms with van der Waals surface area (Å²) in [4.78, 5) is 14.6. The Kier molecular flexibility index (Phi) is 3.78. The van der Waals surface area contributed by atoms with Gasteiger partial charge in [-0.05, 0) is 36.4 Å². The first-order valence-corrected chi connectivity index (χ1v) is 8.09. The monoisotopic (exact) mass is 329 g/mol. The fourth-order valence-corrected chi connectivity index (χ4v) is 2.97. The van der Waals surface area contributed by atoms with Crippen molar-refractivity contribution < 1.29 is 13.9 Å². The lowest BCUT2D eigenvalue weighted by Gasteiger charge is -2.00. The second-order valence-electron chi connectivity index (χ2n) is 5.79. The molecule has 4 nitrogen and oxygen atoms in total. The lowest BCUT2D eigenvalue weighted by molar-refractivity contribution is -0.498. The van der Waals surface area contributed by atoms with E-state index < -0.39 is 0 Å². The van der Waals surface area contributed by atoms with E-state index >= 15 is 0 Å². The summed E-state index contributed by atoms with van der Waals surface area (Å²) in [5.74, 6) is 1.20. The van der Waals surface area contributed by atoms with Gasteiger partial charge in [-0.15, -0.1) is 0 Å². The van der Waals surface area contributed by atoms with Gasteiger partial charge in [0.1, 0.15) is 5.75 Å². The largest absolute Gasteiger partial charge is 0.427 e. The minimum Gasteiger partial charge on any atom is -0.427 e. The zero-order valence-corrected chi connectivity index (χ0v) is 13.8. The van der Waals surface area contributed by atoms with E-state index in [1.165, 1.54) is 6.92 Å². The molecule has 0 aliphatic rings. The molecule has 0 atom stereocenters. The first-order chi connectivity index (χ1) is 12.2. The normalized spacial score (nSPS) is 10.8. The molecule has 0 radical (unpaired) electrons. The van der Waals surface area contributed by atoms with Crippen molar-refractivity contribution in [1.82, 2.24) is 4.98 Å². The lowest BCUT2D eigenvalue weighted by Crippen LogP contribution is -2.20. The van der Waals surface area contributed by atoms with Crippen molar-refractivity contribution >= 4 is 11.5 Å². The van der Waals surface area contributed by atoms with Crippen LogP contribution in [0, 0.1) is 0 Å². The average Bonchev–Trinajstić information content (AvgIpc) is 3.02. The fourth-order valence-electron chi connectivity index (χ4n) is 2.97. The summed E-state index contributed by atoms with van der Waals surface area (Å²) >= 11 is 0. The third-order valence-electron chi connectivity index (χ3n) is 4.05. The molecule has 25 heavy (non-hydrogen) atoms. The number of nitrogens with one attached hydrogen (secondary N) is 1. The van der Waals surface area contributed by atoms with Crippen LogP contribution in [0.1, 0.15) is 6.92 Å². The van der Waals surface area contributed by atoms with Gasteiger partial charge in [-0.1, -0.05) is 36.4 Å². The Morgan fingerprint density at radius 2 is 1.60 bits per heavy atom. The van der Waals surface area contributed by atoms with Crippen molar-refractivity contribution in [3.05, 3.63) is 79.0 Å². The molecule has 2 heterocycles. The highest BCUT2D eigenvalue weighted by Crippen LogP contribution is 2.26. The van der Waals surface area contributed by atoms with Crippen LogP contribution in [0.2, 0.25) is 0 Å². The smallest absolute Gasteiger partial charge is 0.308 e. The first-order valence-electron chi connectivity index (χ1n) is 8.09. The molecule has 2 aromatic carbocycles. The van der Waals surface area contributed by atoms with Crippen molar-refractivity contribution in [3.63, 3.8) is 0 Å². The molecule has 0 aliphatic carbocycles. The Bertz CT molecular complexity index is 1030. The number of hydrogen-bond donors (Lipinski definition) is 1. The maximum Gasteiger partial charge on any atom is 0.308 e. The maximum atomic E-state index is 11.1. The number of imidazole rings is 1. The molecule has 0 fully saturated rings. The van der Waals surface area contributed by atoms with Gasteiger partial charge in [0.15, 0.2) is 11.2 Å². The minimum atomic E-state index is -0.321. The fraction of sp³-hybridized carbons (Fsp3) is 0.0476. The summed E-state index contributed by atoms with van der Waals surface area (Å²) in [6.07, 6.45) is 2.04. The van der Waals surface area contributed by atoms with E-state index in [0.717, 1.165) is 28.2 Å². The van der Waals surface area contributed by atoms with E-state index in [4.69, 9.17) is 4.74 Å². The number of aromatic amines is 1. The SMILES string of the molecule is CC(=O)Oc1ccc(-c2[nH]c(-c3ccccc3)c3cccc[n+]23)cc1. The summed E-state index contributed by atoms with van der Waals surface area (Å²) < 4.78 is 7.24. The van der Waals surface area contributed by atoms with Crippen LogP contribution in [0.3, 0.4) is 0 Å². The molecule has 4 heteroatoms. The van der Waals surface area contributed by atoms with Crippen molar-refractivity contribution in [2.24, 2.45) is 0 Å². The molecule has 0 amide bonds. The zero-order chi connectivity index (χ0) is 17.2. The van der Waals surface area contributed by atoms with E-state index in [1.54, 1.807) is 12.1 Å². The molecule has 122 valence electrons. The van der Waals surface area contributed by atoms with Crippen molar-refractivity contribution in [1.29, 1.82) is 0 Å². The number of esters is 1. The van der Waals surface area contributed by atoms with Crippen LogP contribution >= 0.6 is 0 Å². The number of benzene rings is 2. The molecule has 0 spiro atoms. The Morgan fingerprint density at radius 3 is 2.32 bits per heavy atom. The van der Waals surface area contributed by atoms with Crippen LogP contribution in [-0.4, -0.2) is 11.0 Å². The van der Waals surface area contributed by atoms with Gasteiger partial charge in [0, 0.05) is 12.5 Å². The van der Waals surface area contributed by atoms with Gasteiger partial charge in [-0.3, -0.25) is 4.79 Å².